The molecule has 0 aliphatic heterocycles. The zero-order valence-electron chi connectivity index (χ0n) is 10.9. The Hall–Kier alpha value is -1.38. The fourth-order valence-electron chi connectivity index (χ4n) is 4.15. The fourth-order valence-corrected chi connectivity index (χ4v) is 4.15. The van der Waals surface area contributed by atoms with Gasteiger partial charge >= 0.3 is 0 Å². The van der Waals surface area contributed by atoms with E-state index in [9.17, 15) is 8.78 Å². The lowest BCUT2D eigenvalue weighted by Crippen LogP contribution is -2.25. The molecular weight excluding hydrogens is 244 g/mol. The summed E-state index contributed by atoms with van der Waals surface area (Å²) >= 11 is 0. The van der Waals surface area contributed by atoms with Gasteiger partial charge in [-0.1, -0.05) is 12.8 Å². The number of H-pyrrole nitrogens is 1. The molecule has 0 bridgehead atoms. The molecule has 4 rings (SSSR count). The van der Waals surface area contributed by atoms with Crippen LogP contribution in [0.4, 0.5) is 8.78 Å². The van der Waals surface area contributed by atoms with Gasteiger partial charge in [-0.2, -0.15) is 0 Å². The van der Waals surface area contributed by atoms with Crippen molar-refractivity contribution >= 4 is 10.9 Å². The molecule has 1 aromatic carbocycles. The lowest BCUT2D eigenvalue weighted by molar-refractivity contribution is 0.255. The van der Waals surface area contributed by atoms with E-state index in [-0.39, 0.29) is 0 Å². The van der Waals surface area contributed by atoms with E-state index in [1.807, 2.05) is 0 Å². The molecule has 2 aliphatic rings. The number of nitrogens with one attached hydrogen (secondary N) is 1. The normalized spacial score (nSPS) is 21.2. The monoisotopic (exact) mass is 261 g/mol. The molecule has 0 radical (unpaired) electrons. The van der Waals surface area contributed by atoms with Gasteiger partial charge in [0, 0.05) is 17.1 Å². The molecular formula is C16H17F2N. The summed E-state index contributed by atoms with van der Waals surface area (Å²) in [6, 6.07) is 2.46. The standard InChI is InChI=1S/C16H17F2N/c17-10-7-11-12-9-16(4-1-2-5-16)6-3-14(12)19-15(11)13(18)8-10/h7-8,19H,1-6,9H2. The van der Waals surface area contributed by atoms with Gasteiger partial charge in [0.2, 0.25) is 0 Å². The third kappa shape index (κ3) is 1.63. The Morgan fingerprint density at radius 3 is 2.63 bits per heavy atom. The molecule has 1 heterocycles. The van der Waals surface area contributed by atoms with Crippen LogP contribution in [0.1, 0.15) is 43.4 Å². The maximum absolute atomic E-state index is 13.8. The minimum atomic E-state index is -0.474. The summed E-state index contributed by atoms with van der Waals surface area (Å²) in [6.07, 6.45) is 8.32. The average Bonchev–Trinajstić information content (AvgIpc) is 2.96. The molecule has 100 valence electrons. The Balaban J connectivity index is 1.89. The average molecular weight is 261 g/mol. The molecule has 3 heteroatoms. The van der Waals surface area contributed by atoms with Crippen LogP contribution in [0.25, 0.3) is 10.9 Å². The highest BCUT2D eigenvalue weighted by atomic mass is 19.1. The molecule has 1 nitrogen and oxygen atoms in total. The summed E-state index contributed by atoms with van der Waals surface area (Å²) < 4.78 is 27.3. The van der Waals surface area contributed by atoms with E-state index in [2.05, 4.69) is 4.98 Å². The summed E-state index contributed by atoms with van der Waals surface area (Å²) in [7, 11) is 0. The van der Waals surface area contributed by atoms with E-state index in [4.69, 9.17) is 0 Å². The summed E-state index contributed by atoms with van der Waals surface area (Å²) in [5.41, 5.74) is 3.19. The Morgan fingerprint density at radius 1 is 1.05 bits per heavy atom. The first-order valence-corrected chi connectivity index (χ1v) is 7.15. The van der Waals surface area contributed by atoms with Crippen LogP contribution in [0.15, 0.2) is 12.1 Å². The second-order valence-electron chi connectivity index (χ2n) is 6.28. The molecule has 0 amide bonds. The van der Waals surface area contributed by atoms with Gasteiger partial charge in [-0.3, -0.25) is 0 Å². The number of rotatable bonds is 0. The third-order valence-corrected chi connectivity index (χ3v) is 5.14. The SMILES string of the molecule is Fc1cc(F)c2[nH]c3c(c2c1)CC1(CCCC1)CC3. The molecule has 1 fully saturated rings. The molecule has 19 heavy (non-hydrogen) atoms. The quantitative estimate of drug-likeness (QED) is 0.719. The number of hydrogen-bond donors (Lipinski definition) is 1. The molecule has 2 aromatic rings. The molecule has 1 saturated carbocycles. The number of hydrogen-bond acceptors (Lipinski definition) is 0. The second-order valence-corrected chi connectivity index (χ2v) is 6.28. The first-order valence-electron chi connectivity index (χ1n) is 7.15. The summed E-state index contributed by atoms with van der Waals surface area (Å²) in [4.78, 5) is 3.18. The van der Waals surface area contributed by atoms with Crippen molar-refractivity contribution in [2.75, 3.05) is 0 Å². The minimum absolute atomic E-state index is 0.408. The summed E-state index contributed by atoms with van der Waals surface area (Å²) in [6.45, 7) is 0. The van der Waals surface area contributed by atoms with Crippen LogP contribution < -0.4 is 0 Å². The molecule has 0 saturated heterocycles. The van der Waals surface area contributed by atoms with Crippen molar-refractivity contribution in [3.8, 4) is 0 Å². The molecule has 1 N–H and O–H groups in total. The van der Waals surface area contributed by atoms with Crippen molar-refractivity contribution in [2.24, 2.45) is 5.41 Å². The Bertz CT molecular complexity index is 650. The van der Waals surface area contributed by atoms with Gasteiger partial charge in [-0.15, -0.1) is 0 Å². The molecule has 2 aliphatic carbocycles. The van der Waals surface area contributed by atoms with E-state index in [0.717, 1.165) is 30.0 Å². The number of halogens is 2. The third-order valence-electron chi connectivity index (χ3n) is 5.14. The van der Waals surface area contributed by atoms with Gasteiger partial charge in [0.1, 0.15) is 11.6 Å². The van der Waals surface area contributed by atoms with Gasteiger partial charge in [-0.25, -0.2) is 8.78 Å². The second kappa shape index (κ2) is 3.81. The lowest BCUT2D eigenvalue weighted by Gasteiger charge is -2.33. The first-order chi connectivity index (χ1) is 9.17. The van der Waals surface area contributed by atoms with Crippen LogP contribution in [0.3, 0.4) is 0 Å². The van der Waals surface area contributed by atoms with Crippen molar-refractivity contribution in [3.63, 3.8) is 0 Å². The number of aryl methyl sites for hydroxylation is 1. The Labute approximate surface area is 111 Å². The lowest BCUT2D eigenvalue weighted by atomic mass is 9.72. The van der Waals surface area contributed by atoms with Gasteiger partial charge in [0.15, 0.2) is 0 Å². The highest BCUT2D eigenvalue weighted by Gasteiger charge is 2.38. The summed E-state index contributed by atoms with van der Waals surface area (Å²) in [5.74, 6) is -0.942. The number of aromatic amines is 1. The van der Waals surface area contributed by atoms with Gasteiger partial charge in [0.05, 0.1) is 5.52 Å². The minimum Gasteiger partial charge on any atom is -0.356 e. The van der Waals surface area contributed by atoms with Crippen molar-refractivity contribution in [1.29, 1.82) is 0 Å². The van der Waals surface area contributed by atoms with Crippen molar-refractivity contribution in [1.82, 2.24) is 4.98 Å². The van der Waals surface area contributed by atoms with Crippen LogP contribution in [-0.4, -0.2) is 4.98 Å². The van der Waals surface area contributed by atoms with Crippen LogP contribution >= 0.6 is 0 Å². The van der Waals surface area contributed by atoms with Crippen LogP contribution in [0.2, 0.25) is 0 Å². The van der Waals surface area contributed by atoms with Crippen LogP contribution in [0, 0.1) is 17.0 Å². The maximum Gasteiger partial charge on any atom is 0.150 e. The molecule has 0 unspecified atom stereocenters. The largest absolute Gasteiger partial charge is 0.356 e. The van der Waals surface area contributed by atoms with E-state index < -0.39 is 11.6 Å². The van der Waals surface area contributed by atoms with Crippen molar-refractivity contribution < 1.29 is 8.78 Å². The molecule has 0 atom stereocenters. The number of aromatic nitrogens is 1. The van der Waals surface area contributed by atoms with E-state index >= 15 is 0 Å². The van der Waals surface area contributed by atoms with Crippen LogP contribution in [-0.2, 0) is 12.8 Å². The van der Waals surface area contributed by atoms with E-state index in [1.165, 1.54) is 43.7 Å². The number of fused-ring (bicyclic) bond motifs is 3. The number of benzene rings is 1. The zero-order valence-corrected chi connectivity index (χ0v) is 10.9. The van der Waals surface area contributed by atoms with Crippen molar-refractivity contribution in [3.05, 3.63) is 35.0 Å². The fraction of sp³-hybridized carbons (Fsp3) is 0.500. The Kier molecular flexibility index (Phi) is 2.30. The predicted octanol–water partition coefficient (Wildman–Crippen LogP) is 4.50. The van der Waals surface area contributed by atoms with Gasteiger partial charge < -0.3 is 4.98 Å². The van der Waals surface area contributed by atoms with Gasteiger partial charge in [-0.05, 0) is 49.1 Å². The molecule has 1 aromatic heterocycles. The van der Waals surface area contributed by atoms with Gasteiger partial charge in [0.25, 0.3) is 0 Å². The smallest absolute Gasteiger partial charge is 0.150 e. The molecule has 1 spiro atoms. The summed E-state index contributed by atoms with van der Waals surface area (Å²) in [5, 5.41) is 0.762. The highest BCUT2D eigenvalue weighted by Crippen LogP contribution is 2.49. The van der Waals surface area contributed by atoms with E-state index in [0.29, 0.717) is 10.9 Å². The van der Waals surface area contributed by atoms with E-state index in [1.54, 1.807) is 0 Å². The Morgan fingerprint density at radius 2 is 1.84 bits per heavy atom. The maximum atomic E-state index is 13.8. The first kappa shape index (κ1) is 11.4. The predicted molar refractivity (Wildman–Crippen MR) is 71.1 cm³/mol. The zero-order chi connectivity index (χ0) is 13.0. The van der Waals surface area contributed by atoms with Crippen molar-refractivity contribution in [2.45, 2.75) is 44.9 Å². The highest BCUT2D eigenvalue weighted by molar-refractivity contribution is 5.85. The van der Waals surface area contributed by atoms with Crippen LogP contribution in [0.5, 0.6) is 0 Å². The topological polar surface area (TPSA) is 15.8 Å².